The molecule has 0 bridgehead atoms. The molecule has 2 heterocycles. The second kappa shape index (κ2) is 5.18. The zero-order valence-corrected chi connectivity index (χ0v) is 10.2. The van der Waals surface area contributed by atoms with E-state index in [1.165, 1.54) is 0 Å². The number of carboxylic acids is 1. The number of piperazine rings is 1. The minimum atomic E-state index is -0.832. The number of rotatable bonds is 3. The molecular formula is C11H16N4O3. The van der Waals surface area contributed by atoms with Gasteiger partial charge < -0.3 is 10.0 Å². The van der Waals surface area contributed by atoms with Crippen LogP contribution in [0.5, 0.6) is 0 Å². The van der Waals surface area contributed by atoms with Crippen LogP contribution in [-0.4, -0.2) is 69.3 Å². The van der Waals surface area contributed by atoms with E-state index in [0.717, 1.165) is 0 Å². The minimum absolute atomic E-state index is 0.0355. The largest absolute Gasteiger partial charge is 0.480 e. The fourth-order valence-corrected chi connectivity index (χ4v) is 2.05. The fraction of sp³-hybridized carbons (Fsp3) is 0.545. The first-order valence-corrected chi connectivity index (χ1v) is 5.79. The Bertz CT molecular complexity index is 449. The molecule has 98 valence electrons. The van der Waals surface area contributed by atoms with Gasteiger partial charge in [0.15, 0.2) is 0 Å². The summed E-state index contributed by atoms with van der Waals surface area (Å²) in [6.45, 7) is 2.33. The Hall–Kier alpha value is -1.89. The van der Waals surface area contributed by atoms with Gasteiger partial charge in [0.25, 0.3) is 5.91 Å². The van der Waals surface area contributed by atoms with Gasteiger partial charge in [0.1, 0.15) is 5.69 Å². The lowest BCUT2D eigenvalue weighted by molar-refractivity contribution is -0.138. The summed E-state index contributed by atoms with van der Waals surface area (Å²) >= 11 is 0. The maximum atomic E-state index is 12.1. The van der Waals surface area contributed by atoms with E-state index in [0.29, 0.717) is 31.9 Å². The monoisotopic (exact) mass is 252 g/mol. The molecule has 0 radical (unpaired) electrons. The molecule has 0 saturated carbocycles. The molecule has 1 aromatic heterocycles. The van der Waals surface area contributed by atoms with Gasteiger partial charge in [-0.15, -0.1) is 0 Å². The van der Waals surface area contributed by atoms with Crippen LogP contribution in [0.2, 0.25) is 0 Å². The summed E-state index contributed by atoms with van der Waals surface area (Å²) in [4.78, 5) is 26.3. The van der Waals surface area contributed by atoms with Crippen molar-refractivity contribution in [3.63, 3.8) is 0 Å². The van der Waals surface area contributed by atoms with Gasteiger partial charge in [-0.25, -0.2) is 0 Å². The van der Waals surface area contributed by atoms with E-state index in [9.17, 15) is 9.59 Å². The summed E-state index contributed by atoms with van der Waals surface area (Å²) < 4.78 is 1.55. The van der Waals surface area contributed by atoms with Gasteiger partial charge in [-0.1, -0.05) is 0 Å². The highest BCUT2D eigenvalue weighted by molar-refractivity contribution is 5.92. The highest BCUT2D eigenvalue weighted by atomic mass is 16.4. The van der Waals surface area contributed by atoms with Crippen molar-refractivity contribution in [3.05, 3.63) is 18.0 Å². The number of nitrogens with zero attached hydrogens (tertiary/aromatic N) is 4. The molecule has 0 atom stereocenters. The summed E-state index contributed by atoms with van der Waals surface area (Å²) in [6, 6.07) is 1.69. The van der Waals surface area contributed by atoms with Crippen molar-refractivity contribution >= 4 is 11.9 Å². The number of carboxylic acid groups (broad SMARTS) is 1. The number of aromatic nitrogens is 2. The number of hydrogen-bond donors (Lipinski definition) is 1. The molecule has 0 spiro atoms. The summed E-state index contributed by atoms with van der Waals surface area (Å²) in [7, 11) is 1.73. The maximum absolute atomic E-state index is 12.1. The van der Waals surface area contributed by atoms with Crippen LogP contribution in [0.3, 0.4) is 0 Å². The number of hydrogen-bond acceptors (Lipinski definition) is 4. The molecule has 1 amide bonds. The van der Waals surface area contributed by atoms with Gasteiger partial charge in [0, 0.05) is 39.4 Å². The predicted octanol–water partition coefficient (Wildman–Crippen LogP) is -0.737. The summed E-state index contributed by atoms with van der Waals surface area (Å²) in [6.07, 6.45) is 1.59. The van der Waals surface area contributed by atoms with Crippen molar-refractivity contribution in [2.75, 3.05) is 32.7 Å². The lowest BCUT2D eigenvalue weighted by Crippen LogP contribution is -2.50. The van der Waals surface area contributed by atoms with Crippen molar-refractivity contribution in [1.29, 1.82) is 0 Å². The fourth-order valence-electron chi connectivity index (χ4n) is 2.05. The Kier molecular flexibility index (Phi) is 3.61. The highest BCUT2D eigenvalue weighted by Crippen LogP contribution is 2.07. The summed E-state index contributed by atoms with van der Waals surface area (Å²) in [5, 5.41) is 12.7. The first-order chi connectivity index (χ1) is 8.58. The molecule has 1 aliphatic heterocycles. The molecule has 0 aromatic carbocycles. The Morgan fingerprint density at radius 3 is 2.50 bits per heavy atom. The Morgan fingerprint density at radius 1 is 1.33 bits per heavy atom. The van der Waals surface area contributed by atoms with Crippen LogP contribution in [0.15, 0.2) is 12.3 Å². The van der Waals surface area contributed by atoms with E-state index >= 15 is 0 Å². The molecule has 18 heavy (non-hydrogen) atoms. The standard InChI is InChI=1S/C11H16N4O3/c1-13-9(2-3-12-13)11(18)15-6-4-14(5-7-15)8-10(16)17/h2-3H,4-8H2,1H3,(H,16,17). The van der Waals surface area contributed by atoms with Crippen molar-refractivity contribution in [3.8, 4) is 0 Å². The average Bonchev–Trinajstić information content (AvgIpc) is 2.75. The zero-order valence-electron chi connectivity index (χ0n) is 10.2. The third-order valence-electron chi connectivity index (χ3n) is 3.06. The number of aryl methyl sites for hydroxylation is 1. The molecule has 1 N–H and O–H groups in total. The second-order valence-corrected chi connectivity index (χ2v) is 4.30. The summed E-state index contributed by atoms with van der Waals surface area (Å²) in [5.41, 5.74) is 0.557. The lowest BCUT2D eigenvalue weighted by Gasteiger charge is -2.33. The van der Waals surface area contributed by atoms with Gasteiger partial charge >= 0.3 is 5.97 Å². The molecule has 1 aliphatic rings. The molecule has 0 aliphatic carbocycles. The second-order valence-electron chi connectivity index (χ2n) is 4.30. The maximum Gasteiger partial charge on any atom is 0.317 e. The van der Waals surface area contributed by atoms with Crippen molar-refractivity contribution < 1.29 is 14.7 Å². The topological polar surface area (TPSA) is 78.7 Å². The van der Waals surface area contributed by atoms with Gasteiger partial charge in [0.2, 0.25) is 0 Å². The molecule has 1 saturated heterocycles. The van der Waals surface area contributed by atoms with Gasteiger partial charge in [-0.2, -0.15) is 5.10 Å². The Labute approximate surface area is 105 Å². The SMILES string of the molecule is Cn1nccc1C(=O)N1CCN(CC(=O)O)CC1. The van der Waals surface area contributed by atoms with Crippen LogP contribution in [0.4, 0.5) is 0 Å². The minimum Gasteiger partial charge on any atom is -0.480 e. The van der Waals surface area contributed by atoms with Crippen LogP contribution in [0, 0.1) is 0 Å². The van der Waals surface area contributed by atoms with E-state index in [1.807, 2.05) is 4.90 Å². The Balaban J connectivity index is 1.92. The number of aliphatic carboxylic acids is 1. The van der Waals surface area contributed by atoms with E-state index in [2.05, 4.69) is 5.10 Å². The number of carbonyl (C=O) groups excluding carboxylic acids is 1. The average molecular weight is 252 g/mol. The molecular weight excluding hydrogens is 236 g/mol. The molecule has 1 aromatic rings. The highest BCUT2D eigenvalue weighted by Gasteiger charge is 2.24. The Morgan fingerprint density at radius 2 is 2.00 bits per heavy atom. The predicted molar refractivity (Wildman–Crippen MR) is 63.2 cm³/mol. The third kappa shape index (κ3) is 2.67. The van der Waals surface area contributed by atoms with Crippen LogP contribution in [-0.2, 0) is 11.8 Å². The smallest absolute Gasteiger partial charge is 0.317 e. The van der Waals surface area contributed by atoms with E-state index in [4.69, 9.17) is 5.11 Å². The normalized spacial score (nSPS) is 16.8. The molecule has 0 unspecified atom stereocenters. The van der Waals surface area contributed by atoms with Gasteiger partial charge in [-0.05, 0) is 6.07 Å². The van der Waals surface area contributed by atoms with Crippen LogP contribution >= 0.6 is 0 Å². The van der Waals surface area contributed by atoms with Crippen LogP contribution in [0.25, 0.3) is 0 Å². The lowest BCUT2D eigenvalue weighted by atomic mass is 10.2. The molecule has 7 nitrogen and oxygen atoms in total. The quantitative estimate of drug-likeness (QED) is 0.766. The first-order valence-electron chi connectivity index (χ1n) is 5.79. The van der Waals surface area contributed by atoms with Crippen molar-refractivity contribution in [1.82, 2.24) is 19.6 Å². The number of carbonyl (C=O) groups is 2. The van der Waals surface area contributed by atoms with Crippen molar-refractivity contribution in [2.24, 2.45) is 7.05 Å². The van der Waals surface area contributed by atoms with Gasteiger partial charge in [0.05, 0.1) is 6.54 Å². The molecule has 1 fully saturated rings. The molecule has 7 heteroatoms. The van der Waals surface area contributed by atoms with Gasteiger partial charge in [-0.3, -0.25) is 19.2 Å². The van der Waals surface area contributed by atoms with E-state index in [-0.39, 0.29) is 12.5 Å². The van der Waals surface area contributed by atoms with Crippen molar-refractivity contribution in [2.45, 2.75) is 0 Å². The summed E-state index contributed by atoms with van der Waals surface area (Å²) in [5.74, 6) is -0.883. The molecule has 2 rings (SSSR count). The number of amides is 1. The van der Waals surface area contributed by atoms with E-state index < -0.39 is 5.97 Å². The third-order valence-corrected chi connectivity index (χ3v) is 3.06. The van der Waals surface area contributed by atoms with Crippen LogP contribution in [0.1, 0.15) is 10.5 Å². The van der Waals surface area contributed by atoms with Crippen LogP contribution < -0.4 is 0 Å². The first kappa shape index (κ1) is 12.6. The van der Waals surface area contributed by atoms with E-state index in [1.54, 1.807) is 28.9 Å². The zero-order chi connectivity index (χ0) is 13.1.